The molecule has 106 valence electrons. The maximum atomic E-state index is 5.26. The summed E-state index contributed by atoms with van der Waals surface area (Å²) in [6, 6.07) is 6.09. The van der Waals surface area contributed by atoms with Crippen LogP contribution in [-0.4, -0.2) is 33.1 Å². The summed E-state index contributed by atoms with van der Waals surface area (Å²) in [5.74, 6) is 2.62. The minimum atomic E-state index is 0.540. The molecule has 3 heterocycles. The van der Waals surface area contributed by atoms with Gasteiger partial charge in [0.05, 0.1) is 6.54 Å². The molecule has 0 bridgehead atoms. The molecule has 3 rings (SSSR count). The highest BCUT2D eigenvalue weighted by Gasteiger charge is 2.29. The van der Waals surface area contributed by atoms with Crippen molar-refractivity contribution in [3.63, 3.8) is 0 Å². The first-order valence-corrected chi connectivity index (χ1v) is 7.15. The Morgan fingerprint density at radius 3 is 2.90 bits per heavy atom. The van der Waals surface area contributed by atoms with Crippen molar-refractivity contribution in [1.29, 1.82) is 0 Å². The van der Waals surface area contributed by atoms with Crippen LogP contribution in [0.4, 0.5) is 0 Å². The summed E-state index contributed by atoms with van der Waals surface area (Å²) in [4.78, 5) is 11.2. The normalized spacial score (nSPS) is 16.6. The molecule has 0 spiro atoms. The molecule has 0 unspecified atom stereocenters. The molecular formula is C15H20N4O. The molecule has 5 heteroatoms. The van der Waals surface area contributed by atoms with Crippen LogP contribution in [0.15, 0.2) is 28.9 Å². The monoisotopic (exact) mass is 272 g/mol. The predicted molar refractivity (Wildman–Crippen MR) is 75.1 cm³/mol. The van der Waals surface area contributed by atoms with Crippen molar-refractivity contribution in [2.45, 2.75) is 32.7 Å². The molecule has 0 atom stereocenters. The third-order valence-electron chi connectivity index (χ3n) is 3.52. The van der Waals surface area contributed by atoms with Crippen molar-refractivity contribution >= 4 is 0 Å². The van der Waals surface area contributed by atoms with Crippen LogP contribution in [0.25, 0.3) is 0 Å². The second-order valence-corrected chi connectivity index (χ2v) is 5.85. The molecule has 2 aromatic heterocycles. The highest BCUT2D eigenvalue weighted by atomic mass is 16.5. The lowest BCUT2D eigenvalue weighted by Gasteiger charge is -2.38. The Morgan fingerprint density at radius 2 is 2.20 bits per heavy atom. The van der Waals surface area contributed by atoms with Gasteiger partial charge in [0.1, 0.15) is 0 Å². The van der Waals surface area contributed by atoms with Crippen molar-refractivity contribution in [2.75, 3.05) is 13.1 Å². The van der Waals surface area contributed by atoms with Crippen LogP contribution in [-0.2, 0) is 13.0 Å². The summed E-state index contributed by atoms with van der Waals surface area (Å²) >= 11 is 0. The van der Waals surface area contributed by atoms with Gasteiger partial charge in [0.15, 0.2) is 5.82 Å². The minimum Gasteiger partial charge on any atom is -0.339 e. The van der Waals surface area contributed by atoms with E-state index < -0.39 is 0 Å². The summed E-state index contributed by atoms with van der Waals surface area (Å²) in [5, 5.41) is 4.05. The lowest BCUT2D eigenvalue weighted by molar-refractivity contribution is 0.132. The van der Waals surface area contributed by atoms with Crippen LogP contribution in [0.2, 0.25) is 0 Å². The fraction of sp³-hybridized carbons (Fsp3) is 0.533. The van der Waals surface area contributed by atoms with E-state index in [4.69, 9.17) is 4.52 Å². The Balaban J connectivity index is 1.50. The largest absolute Gasteiger partial charge is 0.339 e. The highest BCUT2D eigenvalue weighted by molar-refractivity contribution is 5.14. The molecule has 1 aliphatic rings. The lowest BCUT2D eigenvalue weighted by atomic mass is 9.96. The van der Waals surface area contributed by atoms with Gasteiger partial charge in [-0.2, -0.15) is 4.98 Å². The standard InChI is InChI=1S/C15H20N4O/c1-11(2)7-15-17-14(18-20-15)10-19-8-12(9-19)13-5-3-4-6-16-13/h3-6,11-12H,7-10H2,1-2H3. The molecule has 1 aliphatic heterocycles. The number of pyridine rings is 1. The van der Waals surface area contributed by atoms with Crippen LogP contribution in [0.5, 0.6) is 0 Å². The smallest absolute Gasteiger partial charge is 0.226 e. The topological polar surface area (TPSA) is 55.1 Å². The minimum absolute atomic E-state index is 0.540. The van der Waals surface area contributed by atoms with Crippen molar-refractivity contribution in [2.24, 2.45) is 5.92 Å². The summed E-state index contributed by atoms with van der Waals surface area (Å²) in [5.41, 5.74) is 1.18. The zero-order valence-corrected chi connectivity index (χ0v) is 12.0. The first-order valence-electron chi connectivity index (χ1n) is 7.15. The van der Waals surface area contributed by atoms with E-state index in [-0.39, 0.29) is 0 Å². The van der Waals surface area contributed by atoms with Crippen LogP contribution in [0.3, 0.4) is 0 Å². The van der Waals surface area contributed by atoms with Crippen LogP contribution >= 0.6 is 0 Å². The Labute approximate surface area is 119 Å². The van der Waals surface area contributed by atoms with Gasteiger partial charge in [-0.3, -0.25) is 9.88 Å². The van der Waals surface area contributed by atoms with Gasteiger partial charge in [-0.25, -0.2) is 0 Å². The summed E-state index contributed by atoms with van der Waals surface area (Å²) < 4.78 is 5.26. The zero-order valence-electron chi connectivity index (χ0n) is 12.0. The van der Waals surface area contributed by atoms with E-state index in [1.54, 1.807) is 0 Å². The number of aromatic nitrogens is 3. The van der Waals surface area contributed by atoms with Gasteiger partial charge in [-0.15, -0.1) is 0 Å². The number of rotatable bonds is 5. The Kier molecular flexibility index (Phi) is 3.78. The van der Waals surface area contributed by atoms with Gasteiger partial charge in [0.25, 0.3) is 0 Å². The first kappa shape index (κ1) is 13.2. The van der Waals surface area contributed by atoms with E-state index >= 15 is 0 Å². The summed E-state index contributed by atoms with van der Waals surface area (Å²) in [6.07, 6.45) is 2.71. The van der Waals surface area contributed by atoms with Gasteiger partial charge in [-0.05, 0) is 18.1 Å². The van der Waals surface area contributed by atoms with Gasteiger partial charge >= 0.3 is 0 Å². The van der Waals surface area contributed by atoms with Crippen molar-refractivity contribution in [1.82, 2.24) is 20.0 Å². The molecule has 0 aromatic carbocycles. The molecule has 20 heavy (non-hydrogen) atoms. The molecule has 0 radical (unpaired) electrons. The molecule has 0 saturated carbocycles. The molecule has 5 nitrogen and oxygen atoms in total. The Hall–Kier alpha value is -1.75. The summed E-state index contributed by atoms with van der Waals surface area (Å²) in [6.45, 7) is 7.11. The van der Waals surface area contributed by atoms with Crippen molar-refractivity contribution < 1.29 is 4.52 Å². The maximum absolute atomic E-state index is 5.26. The van der Waals surface area contributed by atoms with Crippen LogP contribution in [0, 0.1) is 5.92 Å². The number of hydrogen-bond donors (Lipinski definition) is 0. The fourth-order valence-corrected chi connectivity index (χ4v) is 2.49. The SMILES string of the molecule is CC(C)Cc1nc(CN2CC(c3ccccn3)C2)no1. The molecular weight excluding hydrogens is 252 g/mol. The van der Waals surface area contributed by atoms with E-state index in [9.17, 15) is 0 Å². The van der Waals surface area contributed by atoms with Gasteiger partial charge < -0.3 is 4.52 Å². The van der Waals surface area contributed by atoms with Crippen LogP contribution in [0.1, 0.15) is 37.2 Å². The van der Waals surface area contributed by atoms with E-state index in [2.05, 4.69) is 39.9 Å². The average molecular weight is 272 g/mol. The number of likely N-dealkylation sites (tertiary alicyclic amines) is 1. The first-order chi connectivity index (χ1) is 9.70. The Morgan fingerprint density at radius 1 is 1.35 bits per heavy atom. The fourth-order valence-electron chi connectivity index (χ4n) is 2.49. The number of nitrogens with zero attached hydrogens (tertiary/aromatic N) is 4. The van der Waals surface area contributed by atoms with Crippen molar-refractivity contribution in [3.8, 4) is 0 Å². The molecule has 0 N–H and O–H groups in total. The van der Waals surface area contributed by atoms with Crippen LogP contribution < -0.4 is 0 Å². The second-order valence-electron chi connectivity index (χ2n) is 5.85. The molecule has 0 aliphatic carbocycles. The van der Waals surface area contributed by atoms with E-state index in [0.29, 0.717) is 11.8 Å². The highest BCUT2D eigenvalue weighted by Crippen LogP contribution is 2.26. The van der Waals surface area contributed by atoms with Crippen molar-refractivity contribution in [3.05, 3.63) is 41.8 Å². The van der Waals surface area contributed by atoms with E-state index in [1.807, 2.05) is 18.3 Å². The predicted octanol–water partition coefficient (Wildman–Crippen LogP) is 2.26. The average Bonchev–Trinajstić information content (AvgIpc) is 2.81. The molecule has 0 amide bonds. The van der Waals surface area contributed by atoms with Gasteiger partial charge in [0, 0.05) is 37.3 Å². The third-order valence-corrected chi connectivity index (χ3v) is 3.52. The third kappa shape index (κ3) is 3.04. The van der Waals surface area contributed by atoms with Gasteiger partial charge in [-0.1, -0.05) is 25.1 Å². The molecule has 2 aromatic rings. The maximum Gasteiger partial charge on any atom is 0.226 e. The van der Waals surface area contributed by atoms with E-state index in [1.165, 1.54) is 5.69 Å². The van der Waals surface area contributed by atoms with Gasteiger partial charge in [0.2, 0.25) is 5.89 Å². The van der Waals surface area contributed by atoms with E-state index in [0.717, 1.165) is 37.8 Å². The zero-order chi connectivity index (χ0) is 13.9. The number of hydrogen-bond acceptors (Lipinski definition) is 5. The molecule has 1 saturated heterocycles. The molecule has 1 fully saturated rings. The summed E-state index contributed by atoms with van der Waals surface area (Å²) in [7, 11) is 0. The second kappa shape index (κ2) is 5.71. The quantitative estimate of drug-likeness (QED) is 0.835. The lowest BCUT2D eigenvalue weighted by Crippen LogP contribution is -2.44. The Bertz CT molecular complexity index is 546.